The van der Waals surface area contributed by atoms with E-state index in [9.17, 15) is 4.79 Å². The summed E-state index contributed by atoms with van der Waals surface area (Å²) in [7, 11) is 0. The summed E-state index contributed by atoms with van der Waals surface area (Å²) in [6.07, 6.45) is 0. The minimum Gasteiger partial charge on any atom is -0.478 e. The fourth-order valence-electron chi connectivity index (χ4n) is 0. The van der Waals surface area contributed by atoms with Crippen LogP contribution in [0.1, 0.15) is 6.92 Å². The standard InChI is InChI=1S/C4H6O2.Ni/c1-3(2)4(5)6;/h1H2,2H3,(H,5,6);. The summed E-state index contributed by atoms with van der Waals surface area (Å²) in [5, 5.41) is 7.89. The molecule has 0 spiro atoms. The minimum atomic E-state index is -0.935. The number of carbonyl (C=O) groups is 1. The van der Waals surface area contributed by atoms with Crippen molar-refractivity contribution in [2.24, 2.45) is 0 Å². The molecule has 0 aliphatic rings. The molecule has 0 fully saturated rings. The molecule has 1 N–H and O–H groups in total. The van der Waals surface area contributed by atoms with Crippen LogP contribution in [-0.4, -0.2) is 11.1 Å². The Morgan fingerprint density at radius 1 is 1.71 bits per heavy atom. The molecule has 0 atom stereocenters. The zero-order valence-corrected chi connectivity index (χ0v) is 4.87. The molecule has 0 aliphatic carbocycles. The van der Waals surface area contributed by atoms with Crippen molar-refractivity contribution in [1.29, 1.82) is 0 Å². The molecule has 0 saturated heterocycles. The summed E-state index contributed by atoms with van der Waals surface area (Å²) in [6, 6.07) is 0. The van der Waals surface area contributed by atoms with Crippen LogP contribution in [0.5, 0.6) is 0 Å². The number of hydrogen-bond donors (Lipinski definition) is 1. The summed E-state index contributed by atoms with van der Waals surface area (Å²) in [5.74, 6) is -0.935. The van der Waals surface area contributed by atoms with Gasteiger partial charge >= 0.3 is 5.97 Å². The number of aliphatic carboxylic acids is 1. The Labute approximate surface area is 52.1 Å². The van der Waals surface area contributed by atoms with Crippen LogP contribution >= 0.6 is 0 Å². The fraction of sp³-hybridized carbons (Fsp3) is 0.250. The van der Waals surface area contributed by atoms with E-state index in [1.54, 1.807) is 0 Å². The van der Waals surface area contributed by atoms with E-state index in [1.165, 1.54) is 6.92 Å². The van der Waals surface area contributed by atoms with Gasteiger partial charge in [-0.25, -0.2) is 4.79 Å². The molecule has 2 nitrogen and oxygen atoms in total. The van der Waals surface area contributed by atoms with E-state index in [0.717, 1.165) is 0 Å². The number of hydrogen-bond acceptors (Lipinski definition) is 1. The maximum atomic E-state index is 9.60. The van der Waals surface area contributed by atoms with E-state index in [4.69, 9.17) is 5.11 Å². The molecule has 0 heterocycles. The van der Waals surface area contributed by atoms with Gasteiger partial charge < -0.3 is 5.11 Å². The molecular weight excluding hydrogens is 139 g/mol. The third-order valence-corrected chi connectivity index (χ3v) is 0.365. The SMILES string of the molecule is C=C(C)C(=O)O.[Ni]. The van der Waals surface area contributed by atoms with Crippen molar-refractivity contribution in [2.75, 3.05) is 0 Å². The van der Waals surface area contributed by atoms with Gasteiger partial charge in [0.05, 0.1) is 0 Å². The van der Waals surface area contributed by atoms with Crippen molar-refractivity contribution in [3.63, 3.8) is 0 Å². The Balaban J connectivity index is 0. The van der Waals surface area contributed by atoms with Crippen molar-refractivity contribution in [3.05, 3.63) is 12.2 Å². The second-order valence-corrected chi connectivity index (χ2v) is 1.09. The predicted molar refractivity (Wildman–Crippen MR) is 22.4 cm³/mol. The minimum absolute atomic E-state index is 0. The van der Waals surface area contributed by atoms with Crippen molar-refractivity contribution >= 4 is 5.97 Å². The van der Waals surface area contributed by atoms with Crippen LogP contribution in [0.4, 0.5) is 0 Å². The molecule has 0 aromatic rings. The molecule has 0 saturated carbocycles. The average Bonchev–Trinajstić information content (AvgIpc) is 1.36. The van der Waals surface area contributed by atoms with Gasteiger partial charge in [-0.1, -0.05) is 6.58 Å². The van der Waals surface area contributed by atoms with Crippen LogP contribution in [0.3, 0.4) is 0 Å². The number of carboxylic acids is 1. The molecule has 0 rings (SSSR count). The summed E-state index contributed by atoms with van der Waals surface area (Å²) >= 11 is 0. The van der Waals surface area contributed by atoms with Crippen LogP contribution in [-0.2, 0) is 21.3 Å². The van der Waals surface area contributed by atoms with Crippen molar-refractivity contribution in [2.45, 2.75) is 6.92 Å². The Morgan fingerprint density at radius 2 is 1.86 bits per heavy atom. The molecule has 0 aromatic heterocycles. The largest absolute Gasteiger partial charge is 0.478 e. The first-order valence-corrected chi connectivity index (χ1v) is 1.53. The van der Waals surface area contributed by atoms with Gasteiger partial charge in [-0.05, 0) is 6.92 Å². The normalized spacial score (nSPS) is 6.43. The predicted octanol–water partition coefficient (Wildman–Crippen LogP) is 0.645. The second kappa shape index (κ2) is 3.88. The van der Waals surface area contributed by atoms with Gasteiger partial charge in [0.25, 0.3) is 0 Å². The molecular formula is C4H6NiO2. The van der Waals surface area contributed by atoms with Crippen molar-refractivity contribution in [1.82, 2.24) is 0 Å². The maximum Gasteiger partial charge on any atom is 0.330 e. The Kier molecular flexibility index (Phi) is 5.46. The molecule has 7 heavy (non-hydrogen) atoms. The zero-order valence-electron chi connectivity index (χ0n) is 3.88. The summed E-state index contributed by atoms with van der Waals surface area (Å²) < 4.78 is 0. The van der Waals surface area contributed by atoms with Gasteiger partial charge in [-0.3, -0.25) is 0 Å². The van der Waals surface area contributed by atoms with E-state index in [0.29, 0.717) is 0 Å². The van der Waals surface area contributed by atoms with Gasteiger partial charge in [-0.15, -0.1) is 0 Å². The van der Waals surface area contributed by atoms with E-state index >= 15 is 0 Å². The quantitative estimate of drug-likeness (QED) is 0.434. The summed E-state index contributed by atoms with van der Waals surface area (Å²) in [5.41, 5.74) is 0.176. The molecule has 0 bridgehead atoms. The molecule has 0 radical (unpaired) electrons. The first-order valence-electron chi connectivity index (χ1n) is 1.53. The van der Waals surface area contributed by atoms with Gasteiger partial charge in [0.1, 0.15) is 0 Å². The van der Waals surface area contributed by atoms with Gasteiger partial charge in [-0.2, -0.15) is 0 Å². The second-order valence-electron chi connectivity index (χ2n) is 1.09. The first kappa shape index (κ1) is 9.86. The first-order chi connectivity index (χ1) is 2.64. The van der Waals surface area contributed by atoms with Crippen LogP contribution in [0.25, 0.3) is 0 Å². The maximum absolute atomic E-state index is 9.60. The topological polar surface area (TPSA) is 37.3 Å². The third kappa shape index (κ3) is 5.70. The molecule has 0 aromatic carbocycles. The Morgan fingerprint density at radius 3 is 1.86 bits per heavy atom. The van der Waals surface area contributed by atoms with Crippen LogP contribution < -0.4 is 0 Å². The number of carboxylic acid groups (broad SMARTS) is 1. The Hall–Kier alpha value is -0.296. The summed E-state index contributed by atoms with van der Waals surface area (Å²) in [6.45, 7) is 4.60. The van der Waals surface area contributed by atoms with Crippen LogP contribution in [0.2, 0.25) is 0 Å². The average molecular weight is 145 g/mol. The van der Waals surface area contributed by atoms with E-state index in [-0.39, 0.29) is 22.1 Å². The number of rotatable bonds is 1. The van der Waals surface area contributed by atoms with Crippen LogP contribution in [0, 0.1) is 0 Å². The molecule has 3 heteroatoms. The van der Waals surface area contributed by atoms with E-state index in [1.807, 2.05) is 0 Å². The Bertz CT molecular complexity index is 75.7. The van der Waals surface area contributed by atoms with Gasteiger partial charge in [0.2, 0.25) is 0 Å². The fourth-order valence-corrected chi connectivity index (χ4v) is 0. The summed E-state index contributed by atoms with van der Waals surface area (Å²) in [4.78, 5) is 9.60. The van der Waals surface area contributed by atoms with E-state index in [2.05, 4.69) is 6.58 Å². The van der Waals surface area contributed by atoms with Crippen LogP contribution in [0.15, 0.2) is 12.2 Å². The molecule has 44 valence electrons. The van der Waals surface area contributed by atoms with Gasteiger partial charge in [0.15, 0.2) is 0 Å². The van der Waals surface area contributed by atoms with E-state index < -0.39 is 5.97 Å². The monoisotopic (exact) mass is 144 g/mol. The van der Waals surface area contributed by atoms with Crippen molar-refractivity contribution < 1.29 is 26.4 Å². The van der Waals surface area contributed by atoms with Gasteiger partial charge in [0, 0.05) is 22.1 Å². The third-order valence-electron chi connectivity index (χ3n) is 0.365. The molecule has 0 amide bonds. The zero-order chi connectivity index (χ0) is 5.15. The van der Waals surface area contributed by atoms with Crippen molar-refractivity contribution in [3.8, 4) is 0 Å². The smallest absolute Gasteiger partial charge is 0.330 e. The molecule has 0 aliphatic heterocycles. The molecule has 0 unspecified atom stereocenters.